The average molecular weight is 495 g/mol. The van der Waals surface area contributed by atoms with E-state index in [-0.39, 0.29) is 29.4 Å². The zero-order chi connectivity index (χ0) is 19.0. The van der Waals surface area contributed by atoms with E-state index in [9.17, 15) is 0 Å². The number of ether oxygens (including phenoxy) is 1. The predicted octanol–water partition coefficient (Wildman–Crippen LogP) is 3.73. The highest BCUT2D eigenvalue weighted by Crippen LogP contribution is 2.33. The van der Waals surface area contributed by atoms with Crippen molar-refractivity contribution >= 4 is 29.9 Å². The van der Waals surface area contributed by atoms with Crippen LogP contribution in [-0.4, -0.2) is 62.8 Å². The molecule has 2 aliphatic heterocycles. The van der Waals surface area contributed by atoms with Gasteiger partial charge in [-0.15, -0.1) is 24.0 Å². The van der Waals surface area contributed by atoms with Crippen LogP contribution in [-0.2, 0) is 4.74 Å². The van der Waals surface area contributed by atoms with Gasteiger partial charge in [-0.25, -0.2) is 0 Å². The van der Waals surface area contributed by atoms with E-state index < -0.39 is 0 Å². The molecule has 0 bridgehead atoms. The molecule has 27 heavy (non-hydrogen) atoms. The van der Waals surface area contributed by atoms with Crippen LogP contribution in [0, 0.1) is 17.3 Å². The lowest BCUT2D eigenvalue weighted by atomic mass is 9.78. The first kappa shape index (κ1) is 25.0. The van der Waals surface area contributed by atoms with Gasteiger partial charge in [-0.3, -0.25) is 4.99 Å². The maximum atomic E-state index is 6.11. The maximum absolute atomic E-state index is 6.11. The molecule has 3 atom stereocenters. The minimum absolute atomic E-state index is 0. The summed E-state index contributed by atoms with van der Waals surface area (Å²) in [5.41, 5.74) is 0.187. The molecule has 0 aromatic carbocycles. The number of aliphatic imine (C=N–C) groups is 1. The van der Waals surface area contributed by atoms with Crippen molar-refractivity contribution in [2.45, 2.75) is 66.4 Å². The molecule has 0 spiro atoms. The Kier molecular flexibility index (Phi) is 11.5. The lowest BCUT2D eigenvalue weighted by molar-refractivity contribution is -0.0835. The van der Waals surface area contributed by atoms with Crippen LogP contribution < -0.4 is 10.6 Å². The Hall–Kier alpha value is -0.0800. The third kappa shape index (κ3) is 8.86. The van der Waals surface area contributed by atoms with Crippen LogP contribution in [0.4, 0.5) is 0 Å². The van der Waals surface area contributed by atoms with Crippen LogP contribution in [0.15, 0.2) is 4.99 Å². The summed E-state index contributed by atoms with van der Waals surface area (Å²) in [6, 6.07) is 0. The lowest BCUT2D eigenvalue weighted by Crippen LogP contribution is -2.47. The summed E-state index contributed by atoms with van der Waals surface area (Å²) in [4.78, 5) is 7.43. The minimum Gasteiger partial charge on any atom is -0.377 e. The van der Waals surface area contributed by atoms with Crippen molar-refractivity contribution in [3.8, 4) is 0 Å². The standard InChI is InChI=1S/C21H42N4O.HI/c1-6-22-20(23-14-17(2)16-25-11-7-8-12-25)24-15-18-10-9-13-26-19(18)21(3,4)5;/h17-19H,6-16H2,1-5H3,(H2,22,23,24);1H. The van der Waals surface area contributed by atoms with Crippen LogP contribution in [0.25, 0.3) is 0 Å². The van der Waals surface area contributed by atoms with Gasteiger partial charge in [-0.1, -0.05) is 27.7 Å². The highest BCUT2D eigenvalue weighted by molar-refractivity contribution is 14.0. The number of halogens is 1. The molecule has 2 heterocycles. The molecule has 5 nitrogen and oxygen atoms in total. The van der Waals surface area contributed by atoms with Gasteiger partial charge in [0.15, 0.2) is 5.96 Å². The third-order valence-electron chi connectivity index (χ3n) is 5.50. The molecular weight excluding hydrogens is 451 g/mol. The van der Waals surface area contributed by atoms with E-state index in [1.54, 1.807) is 0 Å². The molecule has 0 saturated carbocycles. The Bertz CT molecular complexity index is 432. The normalized spacial score (nSPS) is 25.7. The first-order valence-corrected chi connectivity index (χ1v) is 10.8. The molecule has 6 heteroatoms. The lowest BCUT2D eigenvalue weighted by Gasteiger charge is -2.40. The Morgan fingerprint density at radius 3 is 2.52 bits per heavy atom. The van der Waals surface area contributed by atoms with Gasteiger partial charge < -0.3 is 20.3 Å². The van der Waals surface area contributed by atoms with E-state index in [0.29, 0.717) is 17.9 Å². The van der Waals surface area contributed by atoms with Crippen LogP contribution >= 0.6 is 24.0 Å². The van der Waals surface area contributed by atoms with E-state index >= 15 is 0 Å². The van der Waals surface area contributed by atoms with Crippen LogP contribution in [0.1, 0.15) is 60.3 Å². The number of guanidine groups is 1. The molecule has 2 fully saturated rings. The van der Waals surface area contributed by atoms with Gasteiger partial charge in [-0.05, 0) is 57.0 Å². The quantitative estimate of drug-likeness (QED) is 0.322. The van der Waals surface area contributed by atoms with Crippen LogP contribution in [0.5, 0.6) is 0 Å². The molecule has 0 aromatic rings. The Morgan fingerprint density at radius 1 is 1.19 bits per heavy atom. The van der Waals surface area contributed by atoms with Crippen molar-refractivity contribution in [1.29, 1.82) is 0 Å². The van der Waals surface area contributed by atoms with Crippen molar-refractivity contribution in [3.63, 3.8) is 0 Å². The molecule has 2 rings (SSSR count). The SMILES string of the molecule is CCNC(=NCC(C)CN1CCCC1)NCC1CCCOC1C(C)(C)C.I. The molecular formula is C21H43IN4O. The second-order valence-corrected chi connectivity index (χ2v) is 9.27. The van der Waals surface area contributed by atoms with Gasteiger partial charge in [-0.2, -0.15) is 0 Å². The van der Waals surface area contributed by atoms with Gasteiger partial charge in [0.2, 0.25) is 0 Å². The van der Waals surface area contributed by atoms with Crippen molar-refractivity contribution in [2.75, 3.05) is 45.9 Å². The monoisotopic (exact) mass is 494 g/mol. The molecule has 160 valence electrons. The smallest absolute Gasteiger partial charge is 0.191 e. The van der Waals surface area contributed by atoms with Crippen LogP contribution in [0.2, 0.25) is 0 Å². The van der Waals surface area contributed by atoms with Crippen molar-refractivity contribution in [2.24, 2.45) is 22.2 Å². The van der Waals surface area contributed by atoms with Crippen molar-refractivity contribution < 1.29 is 4.74 Å². The van der Waals surface area contributed by atoms with Crippen molar-refractivity contribution in [3.05, 3.63) is 0 Å². The number of rotatable bonds is 7. The number of nitrogens with one attached hydrogen (secondary N) is 2. The summed E-state index contributed by atoms with van der Waals surface area (Å²) in [5.74, 6) is 2.11. The van der Waals surface area contributed by atoms with Gasteiger partial charge >= 0.3 is 0 Å². The largest absolute Gasteiger partial charge is 0.377 e. The summed E-state index contributed by atoms with van der Waals surface area (Å²) in [5, 5.41) is 7.00. The second-order valence-electron chi connectivity index (χ2n) is 9.27. The van der Waals surface area contributed by atoms with E-state index in [4.69, 9.17) is 9.73 Å². The average Bonchev–Trinajstić information content (AvgIpc) is 3.09. The molecule has 0 radical (unpaired) electrons. The number of likely N-dealkylation sites (tertiary alicyclic amines) is 1. The van der Waals surface area contributed by atoms with E-state index in [2.05, 4.69) is 50.2 Å². The molecule has 0 aliphatic carbocycles. The Labute approximate surface area is 184 Å². The number of hydrogen-bond acceptors (Lipinski definition) is 3. The Morgan fingerprint density at radius 2 is 1.89 bits per heavy atom. The molecule has 0 amide bonds. The number of nitrogens with zero attached hydrogens (tertiary/aromatic N) is 2. The molecule has 2 N–H and O–H groups in total. The molecule has 2 saturated heterocycles. The van der Waals surface area contributed by atoms with E-state index in [1.807, 2.05) is 0 Å². The highest BCUT2D eigenvalue weighted by Gasteiger charge is 2.35. The van der Waals surface area contributed by atoms with E-state index in [1.165, 1.54) is 45.3 Å². The predicted molar refractivity (Wildman–Crippen MR) is 126 cm³/mol. The van der Waals surface area contributed by atoms with Gasteiger partial charge in [0.1, 0.15) is 0 Å². The topological polar surface area (TPSA) is 48.9 Å². The van der Waals surface area contributed by atoms with Crippen LogP contribution in [0.3, 0.4) is 0 Å². The Balaban J connectivity index is 0.00000364. The van der Waals surface area contributed by atoms with Gasteiger partial charge in [0.25, 0.3) is 0 Å². The first-order valence-electron chi connectivity index (χ1n) is 10.8. The minimum atomic E-state index is 0. The summed E-state index contributed by atoms with van der Waals surface area (Å²) >= 11 is 0. The molecule has 3 unspecified atom stereocenters. The van der Waals surface area contributed by atoms with Crippen molar-refractivity contribution in [1.82, 2.24) is 15.5 Å². The summed E-state index contributed by atoms with van der Waals surface area (Å²) in [6.45, 7) is 18.6. The van der Waals surface area contributed by atoms with E-state index in [0.717, 1.165) is 32.2 Å². The third-order valence-corrected chi connectivity index (χ3v) is 5.50. The highest BCUT2D eigenvalue weighted by atomic mass is 127. The van der Waals surface area contributed by atoms with Gasteiger partial charge in [0.05, 0.1) is 6.10 Å². The fourth-order valence-corrected chi connectivity index (χ4v) is 4.29. The zero-order valence-electron chi connectivity index (χ0n) is 18.2. The molecule has 2 aliphatic rings. The second kappa shape index (κ2) is 12.5. The zero-order valence-corrected chi connectivity index (χ0v) is 20.6. The fraction of sp³-hybridized carbons (Fsp3) is 0.952. The maximum Gasteiger partial charge on any atom is 0.191 e. The molecule has 0 aromatic heterocycles. The summed E-state index contributed by atoms with van der Waals surface area (Å²) < 4.78 is 6.11. The summed E-state index contributed by atoms with van der Waals surface area (Å²) in [7, 11) is 0. The number of hydrogen-bond donors (Lipinski definition) is 2. The summed E-state index contributed by atoms with van der Waals surface area (Å²) in [6.07, 6.45) is 5.44. The first-order chi connectivity index (χ1) is 12.4. The fourth-order valence-electron chi connectivity index (χ4n) is 4.29. The van der Waals surface area contributed by atoms with Gasteiger partial charge in [0, 0.05) is 38.7 Å².